The van der Waals surface area contributed by atoms with Crippen LogP contribution in [-0.2, 0) is 9.53 Å². The van der Waals surface area contributed by atoms with Crippen LogP contribution in [0.1, 0.15) is 27.7 Å². The van der Waals surface area contributed by atoms with Crippen molar-refractivity contribution < 1.29 is 14.6 Å². The van der Waals surface area contributed by atoms with E-state index in [2.05, 4.69) is 4.90 Å². The van der Waals surface area contributed by atoms with Gasteiger partial charge in [0.05, 0.1) is 6.61 Å². The maximum atomic E-state index is 10.8. The summed E-state index contributed by atoms with van der Waals surface area (Å²) in [7, 11) is 0. The van der Waals surface area contributed by atoms with Gasteiger partial charge in [0.1, 0.15) is 0 Å². The second kappa shape index (κ2) is 5.98. The van der Waals surface area contributed by atoms with Crippen LogP contribution in [0, 0.1) is 0 Å². The van der Waals surface area contributed by atoms with Gasteiger partial charge < -0.3 is 9.84 Å². The summed E-state index contributed by atoms with van der Waals surface area (Å²) >= 11 is 0. The first-order valence-corrected chi connectivity index (χ1v) is 5.18. The molecule has 1 atom stereocenters. The van der Waals surface area contributed by atoms with E-state index in [1.54, 1.807) is 6.92 Å². The molecule has 0 spiro atoms. The first-order chi connectivity index (χ1) is 6.58. The maximum absolute atomic E-state index is 10.8. The molecule has 0 radical (unpaired) electrons. The van der Waals surface area contributed by atoms with E-state index in [0.717, 1.165) is 13.1 Å². The molecule has 0 aromatic heterocycles. The number of carboxylic acid groups (broad SMARTS) is 1. The molecule has 1 rings (SSSR count). The van der Waals surface area contributed by atoms with Crippen molar-refractivity contribution in [2.45, 2.75) is 33.3 Å². The Hall–Kier alpha value is -0.610. The smallest absolute Gasteiger partial charge is 0.337 e. The maximum Gasteiger partial charge on any atom is 0.337 e. The van der Waals surface area contributed by atoms with Crippen LogP contribution >= 0.6 is 0 Å². The quantitative estimate of drug-likeness (QED) is 0.733. The van der Waals surface area contributed by atoms with Crippen molar-refractivity contribution in [2.24, 2.45) is 0 Å². The molecule has 4 heteroatoms. The minimum Gasteiger partial charge on any atom is -0.479 e. The van der Waals surface area contributed by atoms with Gasteiger partial charge in [-0.25, -0.2) is 4.79 Å². The van der Waals surface area contributed by atoms with Gasteiger partial charge in [-0.05, 0) is 13.5 Å². The lowest BCUT2D eigenvalue weighted by molar-refractivity contribution is -0.174. The number of nitrogens with zero attached hydrogens (tertiary/aromatic N) is 1. The van der Waals surface area contributed by atoms with E-state index in [4.69, 9.17) is 9.84 Å². The van der Waals surface area contributed by atoms with Crippen LogP contribution in [-0.4, -0.2) is 47.8 Å². The van der Waals surface area contributed by atoms with Gasteiger partial charge in [0.2, 0.25) is 0 Å². The van der Waals surface area contributed by atoms with E-state index < -0.39 is 11.6 Å². The summed E-state index contributed by atoms with van der Waals surface area (Å²) in [6, 6.07) is 0. The Kier molecular flexibility index (Phi) is 5.72. The average Bonchev–Trinajstić information content (AvgIpc) is 2.21. The van der Waals surface area contributed by atoms with Gasteiger partial charge >= 0.3 is 5.97 Å². The third kappa shape index (κ3) is 3.27. The van der Waals surface area contributed by atoms with Gasteiger partial charge in [0.25, 0.3) is 0 Å². The molecule has 1 fully saturated rings. The van der Waals surface area contributed by atoms with E-state index in [1.807, 2.05) is 20.8 Å². The first-order valence-electron chi connectivity index (χ1n) is 5.18. The lowest BCUT2D eigenvalue weighted by Gasteiger charge is -2.36. The molecular formula is C10H21NO3. The highest BCUT2D eigenvalue weighted by Crippen LogP contribution is 2.17. The van der Waals surface area contributed by atoms with E-state index in [9.17, 15) is 4.79 Å². The summed E-state index contributed by atoms with van der Waals surface area (Å²) in [6.45, 7) is 10.4. The van der Waals surface area contributed by atoms with E-state index >= 15 is 0 Å². The third-order valence-electron chi connectivity index (χ3n) is 2.25. The fourth-order valence-corrected chi connectivity index (χ4v) is 1.35. The minimum absolute atomic E-state index is 0.485. The number of ether oxygens (including phenoxy) is 1. The molecule has 1 aliphatic rings. The van der Waals surface area contributed by atoms with E-state index in [-0.39, 0.29) is 0 Å². The molecule has 0 aromatic rings. The predicted octanol–water partition coefficient (Wildman–Crippen LogP) is 1.21. The van der Waals surface area contributed by atoms with Crippen LogP contribution in [0.4, 0.5) is 0 Å². The van der Waals surface area contributed by atoms with Crippen molar-refractivity contribution in [3.8, 4) is 0 Å². The zero-order chi connectivity index (χ0) is 11.2. The predicted molar refractivity (Wildman–Crippen MR) is 55.5 cm³/mol. The lowest BCUT2D eigenvalue weighted by Crippen LogP contribution is -2.54. The number of likely N-dealkylation sites (N-methyl/N-ethyl adjacent to an activating group) is 1. The van der Waals surface area contributed by atoms with E-state index in [0.29, 0.717) is 13.2 Å². The summed E-state index contributed by atoms with van der Waals surface area (Å²) in [6.07, 6.45) is 0. The van der Waals surface area contributed by atoms with Gasteiger partial charge in [-0.2, -0.15) is 0 Å². The Morgan fingerprint density at radius 1 is 1.57 bits per heavy atom. The van der Waals surface area contributed by atoms with Crippen molar-refractivity contribution >= 4 is 5.97 Å². The molecular weight excluding hydrogens is 182 g/mol. The van der Waals surface area contributed by atoms with Gasteiger partial charge in [-0.3, -0.25) is 4.90 Å². The lowest BCUT2D eigenvalue weighted by atomic mass is 10.1. The van der Waals surface area contributed by atoms with Crippen molar-refractivity contribution in [1.29, 1.82) is 0 Å². The number of morpholine rings is 1. The highest BCUT2D eigenvalue weighted by atomic mass is 16.5. The molecule has 1 unspecified atom stereocenters. The zero-order valence-corrected chi connectivity index (χ0v) is 9.54. The normalized spacial score (nSPS) is 27.7. The number of hydrogen-bond acceptors (Lipinski definition) is 3. The number of carbonyl (C=O) groups is 1. The number of aliphatic carboxylic acids is 1. The molecule has 0 aromatic carbocycles. The Morgan fingerprint density at radius 3 is 2.57 bits per heavy atom. The van der Waals surface area contributed by atoms with Gasteiger partial charge in [0.15, 0.2) is 5.60 Å². The van der Waals surface area contributed by atoms with Crippen molar-refractivity contribution in [3.05, 3.63) is 0 Å². The van der Waals surface area contributed by atoms with Crippen LogP contribution in [0.2, 0.25) is 0 Å². The Labute approximate surface area is 85.9 Å². The summed E-state index contributed by atoms with van der Waals surface area (Å²) < 4.78 is 5.22. The number of hydrogen-bond donors (Lipinski definition) is 1. The summed E-state index contributed by atoms with van der Waals surface area (Å²) in [5.41, 5.74) is -1.01. The average molecular weight is 203 g/mol. The molecule has 1 saturated heterocycles. The molecule has 4 nitrogen and oxygen atoms in total. The largest absolute Gasteiger partial charge is 0.479 e. The molecule has 14 heavy (non-hydrogen) atoms. The van der Waals surface area contributed by atoms with Crippen LogP contribution in [0.5, 0.6) is 0 Å². The second-order valence-corrected chi connectivity index (χ2v) is 3.25. The molecule has 84 valence electrons. The summed E-state index contributed by atoms with van der Waals surface area (Å²) in [5.74, 6) is -0.874. The Morgan fingerprint density at radius 2 is 2.14 bits per heavy atom. The molecule has 0 bridgehead atoms. The SMILES string of the molecule is CC.CCN1CCOC(C)(C(=O)O)C1. The molecule has 0 amide bonds. The topological polar surface area (TPSA) is 49.8 Å². The van der Waals surface area contributed by atoms with Crippen molar-refractivity contribution in [1.82, 2.24) is 4.90 Å². The van der Waals surface area contributed by atoms with Gasteiger partial charge in [-0.15, -0.1) is 0 Å². The van der Waals surface area contributed by atoms with E-state index in [1.165, 1.54) is 0 Å². The van der Waals surface area contributed by atoms with Gasteiger partial charge in [0, 0.05) is 13.1 Å². The summed E-state index contributed by atoms with van der Waals surface area (Å²) in [5, 5.41) is 8.86. The molecule has 1 N–H and O–H groups in total. The van der Waals surface area contributed by atoms with Crippen LogP contribution < -0.4 is 0 Å². The first kappa shape index (κ1) is 13.4. The van der Waals surface area contributed by atoms with Crippen molar-refractivity contribution in [3.63, 3.8) is 0 Å². The molecule has 0 aliphatic carbocycles. The Bertz CT molecular complexity index is 184. The Balaban J connectivity index is 0.000000791. The zero-order valence-electron chi connectivity index (χ0n) is 9.54. The highest BCUT2D eigenvalue weighted by Gasteiger charge is 2.38. The minimum atomic E-state index is -1.01. The number of rotatable bonds is 2. The number of carboxylic acids is 1. The monoisotopic (exact) mass is 203 g/mol. The van der Waals surface area contributed by atoms with Crippen LogP contribution in [0.15, 0.2) is 0 Å². The third-order valence-corrected chi connectivity index (χ3v) is 2.25. The van der Waals surface area contributed by atoms with Crippen molar-refractivity contribution in [2.75, 3.05) is 26.2 Å². The fourth-order valence-electron chi connectivity index (χ4n) is 1.35. The summed E-state index contributed by atoms with van der Waals surface area (Å²) in [4.78, 5) is 12.9. The van der Waals surface area contributed by atoms with Gasteiger partial charge in [-0.1, -0.05) is 20.8 Å². The molecule has 0 saturated carbocycles. The highest BCUT2D eigenvalue weighted by molar-refractivity contribution is 5.77. The standard InChI is InChI=1S/C8H15NO3.C2H6/c1-3-9-4-5-12-8(2,6-9)7(10)11;1-2/h3-6H2,1-2H3,(H,10,11);1-2H3. The second-order valence-electron chi connectivity index (χ2n) is 3.25. The molecule has 1 aliphatic heterocycles. The fraction of sp³-hybridized carbons (Fsp3) is 0.900. The molecule has 1 heterocycles. The van der Waals surface area contributed by atoms with Crippen LogP contribution in [0.25, 0.3) is 0 Å². The van der Waals surface area contributed by atoms with Crippen LogP contribution in [0.3, 0.4) is 0 Å².